The Morgan fingerprint density at radius 1 is 0.452 bits per heavy atom. The molecule has 0 saturated carbocycles. The van der Waals surface area contributed by atoms with Gasteiger partial charge in [-0.25, -0.2) is 0 Å². The Morgan fingerprint density at radius 3 is 1.71 bits per heavy atom. The van der Waals surface area contributed by atoms with E-state index in [1.807, 2.05) is 6.07 Å². The summed E-state index contributed by atoms with van der Waals surface area (Å²) in [6, 6.07) is 73.5. The van der Waals surface area contributed by atoms with Crippen LogP contribution in [0.5, 0.6) is 0 Å². The van der Waals surface area contributed by atoms with Gasteiger partial charge in [0.25, 0.3) is 0 Å². The Balaban J connectivity index is 0.966. The van der Waals surface area contributed by atoms with E-state index in [-0.39, 0.29) is 17.6 Å². The van der Waals surface area contributed by atoms with E-state index in [1.165, 1.54) is 94.2 Å². The van der Waals surface area contributed by atoms with Gasteiger partial charge in [-0.15, -0.1) is 0 Å². The highest BCUT2D eigenvalue weighted by Gasteiger charge is 2.52. The molecular weight excluding hydrogens is 749 g/mol. The Hall–Kier alpha value is -7.10. The largest absolute Gasteiger partial charge is 0.312 e. The van der Waals surface area contributed by atoms with Gasteiger partial charge in [0.2, 0.25) is 0 Å². The monoisotopic (exact) mass is 794 g/mol. The lowest BCUT2D eigenvalue weighted by molar-refractivity contribution is 0.509. The zero-order valence-electron chi connectivity index (χ0n) is 34.9. The van der Waals surface area contributed by atoms with Gasteiger partial charge < -0.3 is 5.73 Å². The van der Waals surface area contributed by atoms with Crippen LogP contribution in [0.2, 0.25) is 0 Å². The van der Waals surface area contributed by atoms with Gasteiger partial charge in [0.05, 0.1) is 17.6 Å². The predicted octanol–water partition coefficient (Wildman–Crippen LogP) is 14.2. The van der Waals surface area contributed by atoms with Crippen molar-refractivity contribution in [2.24, 2.45) is 5.73 Å². The van der Waals surface area contributed by atoms with Crippen LogP contribution in [0, 0.1) is 0 Å². The molecule has 62 heavy (non-hydrogen) atoms. The van der Waals surface area contributed by atoms with Gasteiger partial charge in [-0.3, -0.25) is 5.32 Å². The highest BCUT2D eigenvalue weighted by molar-refractivity contribution is 5.99. The van der Waals surface area contributed by atoms with Gasteiger partial charge in [-0.1, -0.05) is 214 Å². The van der Waals surface area contributed by atoms with Crippen molar-refractivity contribution in [3.8, 4) is 44.5 Å². The first kappa shape index (κ1) is 36.7. The molecule has 1 spiro atoms. The molecule has 0 amide bonds. The summed E-state index contributed by atoms with van der Waals surface area (Å²) >= 11 is 0. The Labute approximate surface area is 364 Å². The van der Waals surface area contributed by atoms with E-state index in [9.17, 15) is 0 Å². The maximum Gasteiger partial charge on any atom is 0.0817 e. The average Bonchev–Trinajstić information content (AvgIpc) is 3.88. The molecule has 2 heteroatoms. The Bertz CT molecular complexity index is 3220. The topological polar surface area (TPSA) is 38.0 Å². The first-order valence-electron chi connectivity index (χ1n) is 21.9. The summed E-state index contributed by atoms with van der Waals surface area (Å²) in [5.74, 6) is 0. The third-order valence-electron chi connectivity index (χ3n) is 14.2. The number of hydrogen-bond donors (Lipinski definition) is 2. The maximum absolute atomic E-state index is 7.05. The number of fused-ring (bicyclic) bond motifs is 14. The van der Waals surface area contributed by atoms with Gasteiger partial charge in [-0.05, 0) is 117 Å². The smallest absolute Gasteiger partial charge is 0.0817 e. The average molecular weight is 795 g/mol. The van der Waals surface area contributed by atoms with Crippen LogP contribution in [0.1, 0.15) is 76.1 Å². The first-order chi connectivity index (χ1) is 30.4. The molecule has 3 aliphatic carbocycles. The number of nitrogens with two attached hydrogens (primary N) is 1. The van der Waals surface area contributed by atoms with E-state index in [1.54, 1.807) is 0 Å². The fourth-order valence-corrected chi connectivity index (χ4v) is 11.3. The van der Waals surface area contributed by atoms with Crippen molar-refractivity contribution in [2.75, 3.05) is 0 Å². The molecule has 3 N–H and O–H groups in total. The van der Waals surface area contributed by atoms with E-state index < -0.39 is 5.41 Å². The van der Waals surface area contributed by atoms with Crippen LogP contribution in [0.4, 0.5) is 0 Å². The number of benzene rings is 9. The second-order valence-electron chi connectivity index (χ2n) is 17.8. The van der Waals surface area contributed by atoms with Gasteiger partial charge in [0, 0.05) is 5.41 Å². The Morgan fingerprint density at radius 2 is 1.00 bits per heavy atom. The van der Waals surface area contributed by atoms with Gasteiger partial charge in [0.1, 0.15) is 0 Å². The molecule has 3 aliphatic rings. The van der Waals surface area contributed by atoms with E-state index in [4.69, 9.17) is 5.73 Å². The lowest BCUT2D eigenvalue weighted by atomic mass is 9.70. The molecule has 0 heterocycles. The van der Waals surface area contributed by atoms with Gasteiger partial charge in [-0.2, -0.15) is 0 Å². The van der Waals surface area contributed by atoms with Crippen LogP contribution in [0.15, 0.2) is 206 Å². The summed E-state index contributed by atoms with van der Waals surface area (Å²) in [6.07, 6.45) is 4.18. The van der Waals surface area contributed by atoms with Crippen molar-refractivity contribution in [1.82, 2.24) is 5.32 Å². The van der Waals surface area contributed by atoms with Crippen LogP contribution in [-0.2, 0) is 10.8 Å². The standard InChI is InChI=1S/C60H46N2/c1-59(2)52-28-14-23-43(56(52)48-36-41-18-6-7-19-42(41)37-54(48)59)39-33-30-38(31-34-39)32-35-55(62-58(61)40-16-4-3-5-17-40)47-24-15-29-53-57(47)46-22-10-13-27-51(46)60(53)49-25-11-8-20-44(49)45-21-9-12-26-50(45)60/h3-37,55,58,62H,61H2,1-2H3/b35-32+. The third kappa shape index (κ3) is 5.30. The molecule has 9 aromatic rings. The molecule has 296 valence electrons. The molecule has 2 nitrogen and oxygen atoms in total. The van der Waals surface area contributed by atoms with E-state index in [0.717, 1.165) is 11.1 Å². The highest BCUT2D eigenvalue weighted by Crippen LogP contribution is 2.63. The molecule has 0 aromatic heterocycles. The zero-order valence-corrected chi connectivity index (χ0v) is 34.9. The van der Waals surface area contributed by atoms with Gasteiger partial charge in [0.15, 0.2) is 0 Å². The molecule has 12 rings (SSSR count). The molecule has 0 fully saturated rings. The fraction of sp³-hybridized carbons (Fsp3) is 0.100. The van der Waals surface area contributed by atoms with Crippen molar-refractivity contribution in [3.63, 3.8) is 0 Å². The summed E-state index contributed by atoms with van der Waals surface area (Å²) in [6.45, 7) is 4.73. The summed E-state index contributed by atoms with van der Waals surface area (Å²) in [5, 5.41) is 6.45. The molecular formula is C60H46N2. The van der Waals surface area contributed by atoms with Crippen molar-refractivity contribution in [1.29, 1.82) is 0 Å². The summed E-state index contributed by atoms with van der Waals surface area (Å²) < 4.78 is 0. The van der Waals surface area contributed by atoms with Crippen molar-refractivity contribution < 1.29 is 0 Å². The molecule has 0 saturated heterocycles. The quantitative estimate of drug-likeness (QED) is 0.158. The minimum atomic E-state index is -0.415. The second kappa shape index (κ2) is 14.0. The maximum atomic E-state index is 7.05. The third-order valence-corrected chi connectivity index (χ3v) is 14.2. The summed E-state index contributed by atoms with van der Waals surface area (Å²) in [5.41, 5.74) is 28.4. The minimum Gasteiger partial charge on any atom is -0.312 e. The predicted molar refractivity (Wildman–Crippen MR) is 258 cm³/mol. The van der Waals surface area contributed by atoms with Crippen LogP contribution in [0.3, 0.4) is 0 Å². The SMILES string of the molecule is CC1(C)c2cc3ccccc3cc2-c2c(-c3ccc(/C=C/C(NC(N)c4ccccc4)c4cccc5c4-c4ccccc4C54c5ccccc5-c5ccccc54)cc3)cccc21. The molecule has 0 radical (unpaired) electrons. The van der Waals surface area contributed by atoms with Crippen molar-refractivity contribution >= 4 is 16.8 Å². The molecule has 0 bridgehead atoms. The van der Waals surface area contributed by atoms with E-state index in [0.29, 0.717) is 0 Å². The van der Waals surface area contributed by atoms with Crippen LogP contribution in [-0.4, -0.2) is 0 Å². The molecule has 2 atom stereocenters. The molecule has 2 unspecified atom stereocenters. The van der Waals surface area contributed by atoms with Crippen LogP contribution >= 0.6 is 0 Å². The molecule has 9 aromatic carbocycles. The minimum absolute atomic E-state index is 0.0850. The fourth-order valence-electron chi connectivity index (χ4n) is 11.3. The highest BCUT2D eigenvalue weighted by atomic mass is 15.0. The zero-order chi connectivity index (χ0) is 41.6. The molecule has 0 aliphatic heterocycles. The lowest BCUT2D eigenvalue weighted by Crippen LogP contribution is -2.32. The first-order valence-corrected chi connectivity index (χ1v) is 21.9. The normalized spacial score (nSPS) is 15.5. The van der Waals surface area contributed by atoms with E-state index in [2.05, 4.69) is 225 Å². The second-order valence-corrected chi connectivity index (χ2v) is 17.8. The number of rotatable bonds is 7. The van der Waals surface area contributed by atoms with Gasteiger partial charge >= 0.3 is 0 Å². The van der Waals surface area contributed by atoms with Crippen LogP contribution in [0.25, 0.3) is 61.4 Å². The Kier molecular flexibility index (Phi) is 8.28. The number of hydrogen-bond acceptors (Lipinski definition) is 2. The lowest BCUT2D eigenvalue weighted by Gasteiger charge is -2.31. The van der Waals surface area contributed by atoms with Crippen molar-refractivity contribution in [2.45, 2.75) is 36.9 Å². The number of nitrogens with one attached hydrogen (secondary N) is 1. The van der Waals surface area contributed by atoms with E-state index >= 15 is 0 Å². The van der Waals surface area contributed by atoms with Crippen LogP contribution < -0.4 is 11.1 Å². The summed E-state index contributed by atoms with van der Waals surface area (Å²) in [4.78, 5) is 0. The summed E-state index contributed by atoms with van der Waals surface area (Å²) in [7, 11) is 0. The van der Waals surface area contributed by atoms with Crippen molar-refractivity contribution in [3.05, 3.63) is 256 Å².